The van der Waals surface area contributed by atoms with Crippen LogP contribution in [0.4, 0.5) is 5.82 Å². The van der Waals surface area contributed by atoms with Gasteiger partial charge in [-0.25, -0.2) is 14.6 Å². The van der Waals surface area contributed by atoms with Gasteiger partial charge in [0, 0.05) is 24.4 Å². The number of aryl methyl sites for hydroxylation is 1. The lowest BCUT2D eigenvalue weighted by molar-refractivity contribution is 0.0931. The van der Waals surface area contributed by atoms with Crippen LogP contribution >= 0.6 is 0 Å². The zero-order chi connectivity index (χ0) is 25.0. The number of hydrogen-bond acceptors (Lipinski definition) is 7. The number of anilines is 1. The molecule has 0 aliphatic carbocycles. The van der Waals surface area contributed by atoms with Gasteiger partial charge >= 0.3 is 0 Å². The van der Waals surface area contributed by atoms with E-state index in [0.29, 0.717) is 47.1 Å². The number of nitrogens with zero attached hydrogens (tertiary/aromatic N) is 5. The van der Waals surface area contributed by atoms with Gasteiger partial charge in [-0.15, -0.1) is 0 Å². The highest BCUT2D eigenvalue weighted by molar-refractivity contribution is 5.98. The topological polar surface area (TPSA) is 121 Å². The van der Waals surface area contributed by atoms with Gasteiger partial charge < -0.3 is 15.8 Å². The Bertz CT molecular complexity index is 1330. The van der Waals surface area contributed by atoms with Gasteiger partial charge in [0.2, 0.25) is 0 Å². The molecule has 3 heterocycles. The summed E-state index contributed by atoms with van der Waals surface area (Å²) in [7, 11) is 0. The highest BCUT2D eigenvalue weighted by Crippen LogP contribution is 2.33. The van der Waals surface area contributed by atoms with Gasteiger partial charge in [-0.05, 0) is 33.3 Å². The molecule has 0 saturated heterocycles. The van der Waals surface area contributed by atoms with Gasteiger partial charge in [-0.1, -0.05) is 43.2 Å². The molecule has 35 heavy (non-hydrogen) atoms. The average molecular weight is 474 g/mol. The summed E-state index contributed by atoms with van der Waals surface area (Å²) in [4.78, 5) is 25.7. The first kappa shape index (κ1) is 24.1. The number of rotatable bonds is 9. The molecule has 3 N–H and O–H groups in total. The second-order valence-corrected chi connectivity index (χ2v) is 9.16. The molecule has 9 heteroatoms. The van der Waals surface area contributed by atoms with Gasteiger partial charge in [-0.3, -0.25) is 9.78 Å². The van der Waals surface area contributed by atoms with Crippen LogP contribution in [-0.4, -0.2) is 43.8 Å². The number of aromatic nitrogens is 5. The average Bonchev–Trinajstić information content (AvgIpc) is 3.25. The standard InChI is InChI=1S/C26H31N7O2/c1-5-6-13-35-19-11-12-28-20(14-19)25(34)29-15-26(3,4)33-24-21(23(27)30-16-31-24)22(32-33)18-9-7-17(2)8-10-18/h7-12,14,16H,5-6,13,15H2,1-4H3,(H,29,34)(H2,27,30,31). The van der Waals surface area contributed by atoms with Crippen molar-refractivity contribution < 1.29 is 9.53 Å². The molecule has 0 atom stereocenters. The molecule has 3 aromatic heterocycles. The molecule has 1 aromatic carbocycles. The number of benzene rings is 1. The Morgan fingerprint density at radius 1 is 1.14 bits per heavy atom. The van der Waals surface area contributed by atoms with Crippen LogP contribution in [0.5, 0.6) is 5.75 Å². The first-order valence-corrected chi connectivity index (χ1v) is 11.7. The number of nitrogen functional groups attached to an aromatic ring is 1. The van der Waals surface area contributed by atoms with Crippen molar-refractivity contribution in [2.75, 3.05) is 18.9 Å². The van der Waals surface area contributed by atoms with Crippen LogP contribution in [0.3, 0.4) is 0 Å². The van der Waals surface area contributed by atoms with E-state index < -0.39 is 5.54 Å². The number of pyridine rings is 1. The van der Waals surface area contributed by atoms with E-state index in [1.54, 1.807) is 23.0 Å². The zero-order valence-corrected chi connectivity index (χ0v) is 20.6. The lowest BCUT2D eigenvalue weighted by Crippen LogP contribution is -2.41. The smallest absolute Gasteiger partial charge is 0.270 e. The van der Waals surface area contributed by atoms with E-state index in [4.69, 9.17) is 15.6 Å². The molecule has 4 rings (SSSR count). The van der Waals surface area contributed by atoms with Crippen LogP contribution in [0, 0.1) is 6.92 Å². The summed E-state index contributed by atoms with van der Waals surface area (Å²) in [5.74, 6) is 0.704. The Balaban J connectivity index is 1.58. The van der Waals surface area contributed by atoms with Crippen LogP contribution in [-0.2, 0) is 5.54 Å². The SMILES string of the molecule is CCCCOc1ccnc(C(=O)NCC(C)(C)n2nc(-c3ccc(C)cc3)c3c(N)ncnc32)c1. The molecular weight excluding hydrogens is 442 g/mol. The zero-order valence-electron chi connectivity index (χ0n) is 20.6. The van der Waals surface area contributed by atoms with Gasteiger partial charge in [0.1, 0.15) is 29.3 Å². The Kier molecular flexibility index (Phi) is 6.95. The van der Waals surface area contributed by atoms with Crippen LogP contribution in [0.15, 0.2) is 48.9 Å². The van der Waals surface area contributed by atoms with Gasteiger partial charge in [0.05, 0.1) is 17.5 Å². The van der Waals surface area contributed by atoms with E-state index in [2.05, 4.69) is 27.2 Å². The number of nitrogens with one attached hydrogen (secondary N) is 1. The third-order valence-electron chi connectivity index (χ3n) is 5.80. The predicted octanol–water partition coefficient (Wildman–Crippen LogP) is 4.12. The Morgan fingerprint density at radius 2 is 1.91 bits per heavy atom. The minimum absolute atomic E-state index is 0.289. The summed E-state index contributed by atoms with van der Waals surface area (Å²) < 4.78 is 7.50. The van der Waals surface area contributed by atoms with E-state index in [9.17, 15) is 4.79 Å². The second-order valence-electron chi connectivity index (χ2n) is 9.16. The van der Waals surface area contributed by atoms with E-state index in [0.717, 1.165) is 24.0 Å². The number of hydrogen-bond donors (Lipinski definition) is 2. The third-order valence-corrected chi connectivity index (χ3v) is 5.80. The molecule has 1 amide bonds. The molecular formula is C26H31N7O2. The fourth-order valence-corrected chi connectivity index (χ4v) is 3.73. The molecule has 0 radical (unpaired) electrons. The minimum atomic E-state index is -0.618. The van der Waals surface area contributed by atoms with Crippen LogP contribution < -0.4 is 15.8 Å². The van der Waals surface area contributed by atoms with Gasteiger partial charge in [0.15, 0.2) is 5.65 Å². The monoisotopic (exact) mass is 473 g/mol. The molecule has 0 aliphatic heterocycles. The third kappa shape index (κ3) is 5.24. The molecule has 0 spiro atoms. The number of fused-ring (bicyclic) bond motifs is 1. The van der Waals surface area contributed by atoms with E-state index in [1.807, 2.05) is 45.0 Å². The van der Waals surface area contributed by atoms with Crippen molar-refractivity contribution in [3.63, 3.8) is 0 Å². The summed E-state index contributed by atoms with van der Waals surface area (Å²) in [5.41, 5.74) is 9.31. The van der Waals surface area contributed by atoms with Crippen molar-refractivity contribution in [2.24, 2.45) is 0 Å². The number of unbranched alkanes of at least 4 members (excludes halogenated alkanes) is 1. The number of amides is 1. The Morgan fingerprint density at radius 3 is 2.66 bits per heavy atom. The van der Waals surface area contributed by atoms with Crippen molar-refractivity contribution in [1.82, 2.24) is 30.0 Å². The van der Waals surface area contributed by atoms with E-state index >= 15 is 0 Å². The van der Waals surface area contributed by atoms with Crippen molar-refractivity contribution in [1.29, 1.82) is 0 Å². The first-order chi connectivity index (χ1) is 16.8. The maximum Gasteiger partial charge on any atom is 0.270 e. The highest BCUT2D eigenvalue weighted by atomic mass is 16.5. The first-order valence-electron chi connectivity index (χ1n) is 11.7. The van der Waals surface area contributed by atoms with Gasteiger partial charge in [-0.2, -0.15) is 5.10 Å². The lowest BCUT2D eigenvalue weighted by atomic mass is 10.1. The largest absolute Gasteiger partial charge is 0.493 e. The second kappa shape index (κ2) is 10.1. The van der Waals surface area contributed by atoms with Crippen LogP contribution in [0.25, 0.3) is 22.3 Å². The summed E-state index contributed by atoms with van der Waals surface area (Å²) >= 11 is 0. The molecule has 0 bridgehead atoms. The summed E-state index contributed by atoms with van der Waals surface area (Å²) in [6, 6.07) is 11.5. The Hall–Kier alpha value is -4.01. The molecule has 0 fully saturated rings. The number of nitrogens with two attached hydrogens (primary N) is 1. The number of ether oxygens (including phenoxy) is 1. The van der Waals surface area contributed by atoms with E-state index in [-0.39, 0.29) is 5.91 Å². The lowest BCUT2D eigenvalue weighted by Gasteiger charge is -2.26. The molecule has 0 saturated carbocycles. The number of carbonyl (C=O) groups excluding carboxylic acids is 1. The summed E-state index contributed by atoms with van der Waals surface area (Å²) in [5, 5.41) is 8.54. The van der Waals surface area contributed by atoms with Crippen molar-refractivity contribution >= 4 is 22.8 Å². The van der Waals surface area contributed by atoms with Crippen LogP contribution in [0.1, 0.15) is 49.7 Å². The highest BCUT2D eigenvalue weighted by Gasteiger charge is 2.28. The molecule has 182 valence electrons. The summed E-state index contributed by atoms with van der Waals surface area (Å²) in [6.07, 6.45) is 5.00. The van der Waals surface area contributed by atoms with Crippen molar-refractivity contribution in [3.05, 3.63) is 60.2 Å². The quantitative estimate of drug-likeness (QED) is 0.351. The molecule has 4 aromatic rings. The molecule has 9 nitrogen and oxygen atoms in total. The normalized spacial score (nSPS) is 11.5. The van der Waals surface area contributed by atoms with Crippen molar-refractivity contribution in [3.8, 4) is 17.0 Å². The summed E-state index contributed by atoms with van der Waals surface area (Å²) in [6.45, 7) is 9.00. The number of carbonyl (C=O) groups is 1. The van der Waals surface area contributed by atoms with E-state index in [1.165, 1.54) is 6.33 Å². The minimum Gasteiger partial charge on any atom is -0.493 e. The maximum atomic E-state index is 12.9. The fraction of sp³-hybridized carbons (Fsp3) is 0.346. The molecule has 0 unspecified atom stereocenters. The van der Waals surface area contributed by atoms with Crippen molar-refractivity contribution in [2.45, 2.75) is 46.1 Å². The predicted molar refractivity (Wildman–Crippen MR) is 136 cm³/mol. The fourth-order valence-electron chi connectivity index (χ4n) is 3.73. The molecule has 0 aliphatic rings. The van der Waals surface area contributed by atoms with Gasteiger partial charge in [0.25, 0.3) is 5.91 Å². The maximum absolute atomic E-state index is 12.9. The van der Waals surface area contributed by atoms with Crippen LogP contribution in [0.2, 0.25) is 0 Å². The Labute approximate surface area is 204 Å².